The summed E-state index contributed by atoms with van der Waals surface area (Å²) < 4.78 is 34.3. The standard InChI is InChI=1S/C58H107NO18/c1-3-5-7-9-11-13-15-17-19-20-22-24-26-28-30-32-34-36-46(64)59-41(42(63)35-33-31-29-27-25-23-21-18-16-14-12-10-8-6-4-2)40-72-56-52(70)49(67)54(44(38-61)74-56)77-58-53(71)50(68)55(45(39-62)75-58)76-57-51(69)48(66)47(65)43(37-60)73-57/h11,13,17,19,41-45,47-58,60-63,65-71H,3-10,12,14-16,18,20-40H2,1-2H3,(H,59,64)/b13-11-,19-17-. The van der Waals surface area contributed by atoms with Gasteiger partial charge in [-0.1, -0.05) is 179 Å². The van der Waals surface area contributed by atoms with Crippen molar-refractivity contribution in [3.05, 3.63) is 24.3 Å². The average molecular weight is 1110 g/mol. The molecule has 77 heavy (non-hydrogen) atoms. The third kappa shape index (κ3) is 26.4. The highest BCUT2D eigenvalue weighted by Crippen LogP contribution is 2.33. The van der Waals surface area contributed by atoms with Crippen LogP contribution in [0.25, 0.3) is 0 Å². The number of ether oxygens (including phenoxy) is 6. The van der Waals surface area contributed by atoms with Gasteiger partial charge in [0.15, 0.2) is 18.9 Å². The van der Waals surface area contributed by atoms with E-state index in [2.05, 4.69) is 43.5 Å². The molecule has 3 heterocycles. The van der Waals surface area contributed by atoms with Gasteiger partial charge in [0.05, 0.1) is 38.6 Å². The molecule has 3 rings (SSSR count). The molecule has 19 heteroatoms. The Balaban J connectivity index is 1.50. The van der Waals surface area contributed by atoms with Crippen molar-refractivity contribution in [1.82, 2.24) is 5.32 Å². The predicted molar refractivity (Wildman–Crippen MR) is 291 cm³/mol. The summed E-state index contributed by atoms with van der Waals surface area (Å²) in [6.07, 6.45) is 15.4. The first-order valence-corrected chi connectivity index (χ1v) is 30.1. The summed E-state index contributed by atoms with van der Waals surface area (Å²) in [7, 11) is 0. The minimum absolute atomic E-state index is 0.251. The zero-order valence-corrected chi connectivity index (χ0v) is 46.9. The molecular formula is C58H107NO18. The number of carbonyl (C=O) groups excluding carboxylic acids is 1. The molecule has 0 spiro atoms. The van der Waals surface area contributed by atoms with Crippen LogP contribution in [0, 0.1) is 0 Å². The Labute approximate surface area is 460 Å². The van der Waals surface area contributed by atoms with E-state index in [1.807, 2.05) is 0 Å². The molecule has 19 nitrogen and oxygen atoms in total. The molecule has 1 amide bonds. The number of rotatable bonds is 44. The maximum Gasteiger partial charge on any atom is 0.220 e. The van der Waals surface area contributed by atoms with Gasteiger partial charge in [0.2, 0.25) is 5.91 Å². The first-order chi connectivity index (χ1) is 37.3. The van der Waals surface area contributed by atoms with Crippen molar-refractivity contribution < 1.29 is 89.4 Å². The summed E-state index contributed by atoms with van der Waals surface area (Å²) in [5.41, 5.74) is 0. The molecule has 0 aromatic heterocycles. The number of carbonyl (C=O) groups is 1. The summed E-state index contributed by atoms with van der Waals surface area (Å²) in [5.74, 6) is -0.251. The van der Waals surface area contributed by atoms with Crippen LogP contribution < -0.4 is 5.32 Å². The Kier molecular flexibility index (Phi) is 38.1. The molecule has 0 radical (unpaired) electrons. The van der Waals surface area contributed by atoms with Gasteiger partial charge in [0, 0.05) is 6.42 Å². The van der Waals surface area contributed by atoms with E-state index in [1.165, 1.54) is 96.3 Å². The Morgan fingerprint density at radius 3 is 1.35 bits per heavy atom. The number of allylic oxidation sites excluding steroid dienone is 4. The van der Waals surface area contributed by atoms with Crippen molar-refractivity contribution in [2.24, 2.45) is 0 Å². The van der Waals surface area contributed by atoms with Crippen molar-refractivity contribution in [2.75, 3.05) is 26.4 Å². The Bertz CT molecular complexity index is 1510. The van der Waals surface area contributed by atoms with Gasteiger partial charge in [-0.05, 0) is 44.9 Å². The number of aliphatic hydroxyl groups excluding tert-OH is 11. The van der Waals surface area contributed by atoms with Crippen LogP contribution in [0.4, 0.5) is 0 Å². The molecule has 0 saturated carbocycles. The van der Waals surface area contributed by atoms with Crippen molar-refractivity contribution >= 4 is 5.91 Å². The lowest BCUT2D eigenvalue weighted by atomic mass is 9.96. The molecular weight excluding hydrogens is 999 g/mol. The summed E-state index contributed by atoms with van der Waals surface area (Å²) in [5, 5.41) is 120. The zero-order chi connectivity index (χ0) is 56.2. The molecule has 3 aliphatic rings. The normalized spacial score (nSPS) is 30.8. The highest BCUT2D eigenvalue weighted by Gasteiger charge is 2.53. The lowest BCUT2D eigenvalue weighted by Crippen LogP contribution is -2.66. The van der Waals surface area contributed by atoms with E-state index in [0.717, 1.165) is 77.0 Å². The number of amides is 1. The van der Waals surface area contributed by atoms with Gasteiger partial charge in [-0.3, -0.25) is 4.79 Å². The van der Waals surface area contributed by atoms with Crippen LogP contribution in [0.2, 0.25) is 0 Å². The first kappa shape index (κ1) is 69.5. The molecule has 3 saturated heterocycles. The minimum Gasteiger partial charge on any atom is -0.394 e. The van der Waals surface area contributed by atoms with Crippen LogP contribution >= 0.6 is 0 Å². The van der Waals surface area contributed by atoms with E-state index in [1.54, 1.807) is 0 Å². The second-order valence-corrected chi connectivity index (χ2v) is 21.8. The number of hydrogen-bond donors (Lipinski definition) is 12. The van der Waals surface area contributed by atoms with E-state index in [4.69, 9.17) is 28.4 Å². The molecule has 0 aromatic rings. The van der Waals surface area contributed by atoms with Crippen LogP contribution in [0.5, 0.6) is 0 Å². The van der Waals surface area contributed by atoms with Gasteiger partial charge >= 0.3 is 0 Å². The molecule has 17 atom stereocenters. The van der Waals surface area contributed by atoms with Gasteiger partial charge in [-0.2, -0.15) is 0 Å². The highest BCUT2D eigenvalue weighted by atomic mass is 16.8. The fourth-order valence-corrected chi connectivity index (χ4v) is 10.3. The second-order valence-electron chi connectivity index (χ2n) is 21.8. The summed E-state index contributed by atoms with van der Waals surface area (Å²) in [4.78, 5) is 13.3. The lowest BCUT2D eigenvalue weighted by Gasteiger charge is -2.48. The number of aliphatic hydroxyl groups is 11. The molecule has 452 valence electrons. The van der Waals surface area contributed by atoms with E-state index >= 15 is 0 Å². The molecule has 0 bridgehead atoms. The van der Waals surface area contributed by atoms with Crippen molar-refractivity contribution in [3.8, 4) is 0 Å². The van der Waals surface area contributed by atoms with Gasteiger partial charge in [-0.25, -0.2) is 0 Å². The quantitative estimate of drug-likeness (QED) is 0.0277. The largest absolute Gasteiger partial charge is 0.394 e. The minimum atomic E-state index is -1.97. The topological polar surface area (TPSA) is 307 Å². The Morgan fingerprint density at radius 1 is 0.468 bits per heavy atom. The van der Waals surface area contributed by atoms with Gasteiger partial charge in [0.1, 0.15) is 73.2 Å². The van der Waals surface area contributed by atoms with Crippen molar-refractivity contribution in [3.63, 3.8) is 0 Å². The maximum atomic E-state index is 13.3. The van der Waals surface area contributed by atoms with Crippen molar-refractivity contribution in [1.29, 1.82) is 0 Å². The van der Waals surface area contributed by atoms with Crippen LogP contribution in [-0.2, 0) is 33.2 Å². The average Bonchev–Trinajstić information content (AvgIpc) is 3.44. The molecule has 0 aliphatic carbocycles. The number of hydrogen-bond acceptors (Lipinski definition) is 18. The predicted octanol–water partition coefficient (Wildman–Crippen LogP) is 5.15. The summed E-state index contributed by atoms with van der Waals surface area (Å²) in [6, 6.07) is -0.889. The first-order valence-electron chi connectivity index (χ1n) is 30.1. The van der Waals surface area contributed by atoms with E-state index in [0.29, 0.717) is 12.8 Å². The molecule has 12 N–H and O–H groups in total. The number of unbranched alkanes of at least 4 members (excludes halogenated alkanes) is 24. The molecule has 3 fully saturated rings. The zero-order valence-electron chi connectivity index (χ0n) is 46.9. The third-order valence-corrected chi connectivity index (χ3v) is 15.3. The van der Waals surface area contributed by atoms with Crippen LogP contribution in [0.1, 0.15) is 206 Å². The highest BCUT2D eigenvalue weighted by molar-refractivity contribution is 5.76. The fourth-order valence-electron chi connectivity index (χ4n) is 10.3. The maximum absolute atomic E-state index is 13.3. The third-order valence-electron chi connectivity index (χ3n) is 15.3. The molecule has 0 aromatic carbocycles. The van der Waals surface area contributed by atoms with Gasteiger partial charge < -0.3 is 89.9 Å². The van der Waals surface area contributed by atoms with Crippen LogP contribution in [0.3, 0.4) is 0 Å². The summed E-state index contributed by atoms with van der Waals surface area (Å²) in [6.45, 7) is 1.75. The van der Waals surface area contributed by atoms with E-state index < -0.39 is 124 Å². The monoisotopic (exact) mass is 1110 g/mol. The molecule has 17 unspecified atom stereocenters. The Hall–Kier alpha value is -1.73. The van der Waals surface area contributed by atoms with E-state index in [-0.39, 0.29) is 18.9 Å². The Morgan fingerprint density at radius 2 is 0.857 bits per heavy atom. The van der Waals surface area contributed by atoms with Gasteiger partial charge in [0.25, 0.3) is 0 Å². The van der Waals surface area contributed by atoms with Gasteiger partial charge in [-0.15, -0.1) is 0 Å². The van der Waals surface area contributed by atoms with E-state index in [9.17, 15) is 61.0 Å². The molecule has 3 aliphatic heterocycles. The SMILES string of the molecule is CCCCC/C=C\C/C=C\CCCCCCCCCC(=O)NC(COC1OC(CO)C(OC2OC(CO)C(OC3OC(CO)C(O)C(O)C3O)C(O)C2O)C(O)C1O)C(O)CCCCCCCCCCCCCCCCC. The lowest BCUT2D eigenvalue weighted by molar-refractivity contribution is -0.379. The van der Waals surface area contributed by atoms with Crippen molar-refractivity contribution in [2.45, 2.75) is 311 Å². The van der Waals surface area contributed by atoms with Crippen LogP contribution in [0.15, 0.2) is 24.3 Å². The summed E-state index contributed by atoms with van der Waals surface area (Å²) >= 11 is 0. The van der Waals surface area contributed by atoms with Crippen LogP contribution in [-0.4, -0.2) is 193 Å². The fraction of sp³-hybridized carbons (Fsp3) is 0.914. The smallest absolute Gasteiger partial charge is 0.220 e. The second kappa shape index (κ2) is 42.1. The number of nitrogens with one attached hydrogen (secondary N) is 1.